The fraction of sp³-hybridized carbons (Fsp3) is 0.182. The second-order valence-electron chi connectivity index (χ2n) is 7.96. The van der Waals surface area contributed by atoms with E-state index in [1.807, 2.05) is 4.90 Å². The summed E-state index contributed by atoms with van der Waals surface area (Å²) in [7, 11) is 0. The van der Waals surface area contributed by atoms with Crippen molar-refractivity contribution in [2.75, 3.05) is 11.4 Å². The second-order valence-corrected chi connectivity index (χ2v) is 8.37. The van der Waals surface area contributed by atoms with Gasteiger partial charge in [0.15, 0.2) is 17.3 Å². The van der Waals surface area contributed by atoms with Gasteiger partial charge in [0, 0.05) is 12.7 Å². The molecule has 10 nitrogen and oxygen atoms in total. The van der Waals surface area contributed by atoms with Crippen LogP contribution >= 0.6 is 11.6 Å². The number of halogens is 2. The number of rotatable bonds is 3. The summed E-state index contributed by atoms with van der Waals surface area (Å²) < 4.78 is 16.5. The van der Waals surface area contributed by atoms with Gasteiger partial charge < -0.3 is 9.88 Å². The molecule has 34 heavy (non-hydrogen) atoms. The summed E-state index contributed by atoms with van der Waals surface area (Å²) in [6, 6.07) is 8.98. The highest BCUT2D eigenvalue weighted by Crippen LogP contribution is 2.39. The lowest BCUT2D eigenvalue weighted by Crippen LogP contribution is -2.33. The smallest absolute Gasteiger partial charge is 0.284 e. The molecule has 12 heteroatoms. The molecule has 5 aromatic rings. The van der Waals surface area contributed by atoms with Gasteiger partial charge >= 0.3 is 0 Å². The van der Waals surface area contributed by atoms with Crippen molar-refractivity contribution in [2.45, 2.75) is 12.5 Å². The molecular formula is C22H15ClFN9O. The zero-order chi connectivity index (χ0) is 23.4. The molecule has 1 aliphatic heterocycles. The van der Waals surface area contributed by atoms with E-state index in [0.717, 1.165) is 0 Å². The monoisotopic (exact) mass is 475 g/mol. The van der Waals surface area contributed by atoms with Gasteiger partial charge in [-0.25, -0.2) is 23.9 Å². The number of nitrogens with one attached hydrogen (secondary N) is 1. The molecule has 0 bridgehead atoms. The molecule has 0 saturated carbocycles. The summed E-state index contributed by atoms with van der Waals surface area (Å²) in [5.41, 5.74) is 1.33. The molecule has 0 aliphatic carbocycles. The van der Waals surface area contributed by atoms with Crippen LogP contribution < -0.4 is 10.5 Å². The predicted molar refractivity (Wildman–Crippen MR) is 121 cm³/mol. The number of benzene rings is 1. The van der Waals surface area contributed by atoms with Crippen molar-refractivity contribution in [1.82, 2.24) is 34.1 Å². The van der Waals surface area contributed by atoms with E-state index in [1.165, 1.54) is 46.0 Å². The molecular weight excluding hydrogens is 461 g/mol. The number of anilines is 1. The zero-order valence-electron chi connectivity index (χ0n) is 17.4. The van der Waals surface area contributed by atoms with Gasteiger partial charge in [-0.05, 0) is 36.8 Å². The molecule has 0 unspecified atom stereocenters. The van der Waals surface area contributed by atoms with Crippen molar-refractivity contribution in [2.24, 2.45) is 5.92 Å². The van der Waals surface area contributed by atoms with Crippen LogP contribution in [0.25, 0.3) is 22.4 Å². The predicted octanol–water partition coefficient (Wildman–Crippen LogP) is 3.04. The molecule has 5 heterocycles. The topological polar surface area (TPSA) is 121 Å². The molecule has 6 rings (SSSR count). The Hall–Kier alpha value is -4.30. The maximum atomic E-state index is 13.7. The molecule has 168 valence electrons. The molecule has 0 radical (unpaired) electrons. The minimum atomic E-state index is -0.497. The number of H-pyrrole nitrogens is 1. The van der Waals surface area contributed by atoms with Crippen molar-refractivity contribution < 1.29 is 4.39 Å². The Labute approximate surface area is 195 Å². The standard InChI is InChI=1S/C22H15ClFN9O/c23-15-5-6-32-18(15)22(34)33(14-3-1-13(24)2-4-14)20(30-32)16-7-12(8-25)9-31(16)21-17-19(27-10-26-17)28-11-29-21/h1-6,10-12,16H,7,9H2,(H,26,27,28,29)/t12-,16+/m1/s1. The van der Waals surface area contributed by atoms with Crippen molar-refractivity contribution in [3.8, 4) is 11.8 Å². The van der Waals surface area contributed by atoms with Crippen LogP contribution in [-0.4, -0.2) is 40.7 Å². The van der Waals surface area contributed by atoms with Crippen LogP contribution in [0.5, 0.6) is 0 Å². The van der Waals surface area contributed by atoms with E-state index in [1.54, 1.807) is 12.3 Å². The lowest BCUT2D eigenvalue weighted by Gasteiger charge is -2.27. The largest absolute Gasteiger partial charge is 0.343 e. The number of fused-ring (bicyclic) bond motifs is 2. The van der Waals surface area contributed by atoms with Crippen LogP contribution in [0.4, 0.5) is 10.2 Å². The first-order chi connectivity index (χ1) is 16.5. The third kappa shape index (κ3) is 3.03. The van der Waals surface area contributed by atoms with Gasteiger partial charge in [-0.15, -0.1) is 0 Å². The van der Waals surface area contributed by atoms with E-state index in [4.69, 9.17) is 16.7 Å². The Kier molecular flexibility index (Phi) is 4.56. The molecule has 2 atom stereocenters. The van der Waals surface area contributed by atoms with Crippen LogP contribution in [0, 0.1) is 23.1 Å². The van der Waals surface area contributed by atoms with E-state index < -0.39 is 17.4 Å². The first-order valence-electron chi connectivity index (χ1n) is 10.4. The molecule has 1 aromatic carbocycles. The Balaban J connectivity index is 1.62. The minimum Gasteiger partial charge on any atom is -0.343 e. The molecule has 1 saturated heterocycles. The third-order valence-electron chi connectivity index (χ3n) is 6.00. The lowest BCUT2D eigenvalue weighted by molar-refractivity contribution is 0.586. The van der Waals surface area contributed by atoms with Crippen molar-refractivity contribution in [3.05, 3.63) is 76.2 Å². The Morgan fingerprint density at radius 3 is 2.79 bits per heavy atom. The van der Waals surface area contributed by atoms with Crippen LogP contribution in [0.3, 0.4) is 0 Å². The number of nitriles is 1. The molecule has 0 amide bonds. The Bertz CT molecular complexity index is 1650. The maximum absolute atomic E-state index is 13.7. The molecule has 0 spiro atoms. The number of aromatic amines is 1. The van der Waals surface area contributed by atoms with Crippen LogP contribution in [0.1, 0.15) is 18.3 Å². The van der Waals surface area contributed by atoms with Crippen molar-refractivity contribution >= 4 is 34.1 Å². The van der Waals surface area contributed by atoms with Gasteiger partial charge in [0.05, 0.1) is 35.1 Å². The second kappa shape index (κ2) is 7.64. The van der Waals surface area contributed by atoms with Gasteiger partial charge in [0.2, 0.25) is 0 Å². The highest BCUT2D eigenvalue weighted by Gasteiger charge is 2.39. The highest BCUT2D eigenvalue weighted by atomic mass is 35.5. The van der Waals surface area contributed by atoms with E-state index >= 15 is 0 Å². The normalized spacial score (nSPS) is 18.1. The van der Waals surface area contributed by atoms with E-state index in [0.29, 0.717) is 41.5 Å². The average Bonchev–Trinajstić information content (AvgIpc) is 3.58. The van der Waals surface area contributed by atoms with E-state index in [9.17, 15) is 14.4 Å². The minimum absolute atomic E-state index is 0.202. The molecule has 1 N–H and O–H groups in total. The summed E-state index contributed by atoms with van der Waals surface area (Å²) in [5.74, 6) is 0.134. The van der Waals surface area contributed by atoms with Crippen LogP contribution in [-0.2, 0) is 0 Å². The number of hydrogen-bond donors (Lipinski definition) is 1. The van der Waals surface area contributed by atoms with Gasteiger partial charge in [-0.1, -0.05) is 11.6 Å². The summed E-state index contributed by atoms with van der Waals surface area (Å²) in [4.78, 5) is 31.5. The summed E-state index contributed by atoms with van der Waals surface area (Å²) in [6.07, 6.45) is 4.95. The summed E-state index contributed by atoms with van der Waals surface area (Å²) >= 11 is 6.28. The van der Waals surface area contributed by atoms with E-state index in [2.05, 4.69) is 26.0 Å². The first-order valence-corrected chi connectivity index (χ1v) is 10.8. The molecule has 1 aliphatic rings. The Morgan fingerprint density at radius 2 is 2.00 bits per heavy atom. The van der Waals surface area contributed by atoms with Crippen molar-refractivity contribution in [1.29, 1.82) is 5.26 Å². The summed E-state index contributed by atoms with van der Waals surface area (Å²) in [5, 5.41) is 14.7. The van der Waals surface area contributed by atoms with Crippen LogP contribution in [0.15, 0.2) is 54.0 Å². The van der Waals surface area contributed by atoms with E-state index in [-0.39, 0.29) is 16.5 Å². The zero-order valence-corrected chi connectivity index (χ0v) is 18.2. The third-order valence-corrected chi connectivity index (χ3v) is 6.30. The van der Waals surface area contributed by atoms with Crippen molar-refractivity contribution in [3.63, 3.8) is 0 Å². The fourth-order valence-electron chi connectivity index (χ4n) is 4.47. The van der Waals surface area contributed by atoms with Gasteiger partial charge in [-0.2, -0.15) is 10.4 Å². The molecule has 1 fully saturated rings. The lowest BCUT2D eigenvalue weighted by atomic mass is 10.1. The SMILES string of the molecule is N#C[C@H]1C[C@@H](c2nn3ccc(Cl)c3c(=O)n2-c2ccc(F)cc2)N(c2ncnc3[nH]cnc23)C1. The van der Waals surface area contributed by atoms with Gasteiger partial charge in [0.25, 0.3) is 5.56 Å². The number of imidazole rings is 1. The fourth-order valence-corrected chi connectivity index (χ4v) is 4.70. The first kappa shape index (κ1) is 20.3. The Morgan fingerprint density at radius 1 is 1.18 bits per heavy atom. The average molecular weight is 476 g/mol. The number of aromatic nitrogens is 7. The van der Waals surface area contributed by atoms with Gasteiger partial charge in [0.1, 0.15) is 23.2 Å². The number of hydrogen-bond acceptors (Lipinski definition) is 7. The number of nitrogens with zero attached hydrogens (tertiary/aromatic N) is 8. The summed E-state index contributed by atoms with van der Waals surface area (Å²) in [6.45, 7) is 0.365. The quantitative estimate of drug-likeness (QED) is 0.425. The molecule has 4 aromatic heterocycles. The van der Waals surface area contributed by atoms with Gasteiger partial charge in [-0.3, -0.25) is 9.36 Å². The maximum Gasteiger partial charge on any atom is 0.284 e. The van der Waals surface area contributed by atoms with Crippen LogP contribution in [0.2, 0.25) is 5.02 Å². The highest BCUT2D eigenvalue weighted by molar-refractivity contribution is 6.33.